The number of hydrogen-bond acceptors (Lipinski definition) is 5. The van der Waals surface area contributed by atoms with E-state index in [1.165, 1.54) is 0 Å². The molecular formula is C11H21N5. The Morgan fingerprint density at radius 1 is 0.938 bits per heavy atom. The normalized spacial score (nSPS) is 19.8. The van der Waals surface area contributed by atoms with Gasteiger partial charge in [-0.2, -0.15) is 0 Å². The topological polar surface area (TPSA) is 39.0 Å². The van der Waals surface area contributed by atoms with Gasteiger partial charge in [-0.3, -0.25) is 0 Å². The summed E-state index contributed by atoms with van der Waals surface area (Å²) in [6.07, 6.45) is 8.37. The first-order valence-electron chi connectivity index (χ1n) is 5.64. The van der Waals surface area contributed by atoms with Gasteiger partial charge in [0.25, 0.3) is 0 Å². The third kappa shape index (κ3) is 2.82. The fourth-order valence-electron chi connectivity index (χ4n) is 2.08. The van der Waals surface area contributed by atoms with E-state index < -0.39 is 0 Å². The Bertz CT molecular complexity index is 260. The van der Waals surface area contributed by atoms with Crippen molar-refractivity contribution in [3.63, 3.8) is 0 Å². The molecule has 5 heteroatoms. The third-order valence-electron chi connectivity index (χ3n) is 2.81. The molecule has 90 valence electrons. The van der Waals surface area contributed by atoms with Crippen molar-refractivity contribution in [1.82, 2.24) is 19.6 Å². The minimum absolute atomic E-state index is 0.187. The summed E-state index contributed by atoms with van der Waals surface area (Å²) in [5.41, 5.74) is 6.14. The fourth-order valence-corrected chi connectivity index (χ4v) is 2.08. The molecule has 0 aromatic carbocycles. The lowest BCUT2D eigenvalue weighted by atomic mass is 10.3. The minimum atomic E-state index is 0.187. The maximum absolute atomic E-state index is 6.14. The summed E-state index contributed by atoms with van der Waals surface area (Å²) in [6.45, 7) is 3.72. The van der Waals surface area contributed by atoms with Gasteiger partial charge in [-0.1, -0.05) is 0 Å². The Morgan fingerprint density at radius 2 is 1.38 bits per heavy atom. The summed E-state index contributed by atoms with van der Waals surface area (Å²) in [7, 11) is 4.14. The van der Waals surface area contributed by atoms with E-state index >= 15 is 0 Å². The average Bonchev–Trinajstić information content (AvgIpc) is 2.76. The fraction of sp³-hybridized carbons (Fsp3) is 0.636. The summed E-state index contributed by atoms with van der Waals surface area (Å²) in [4.78, 5) is 8.79. The van der Waals surface area contributed by atoms with E-state index in [9.17, 15) is 0 Å². The van der Waals surface area contributed by atoms with Gasteiger partial charge in [-0.25, -0.2) is 0 Å². The maximum atomic E-state index is 6.14. The van der Waals surface area contributed by atoms with Crippen molar-refractivity contribution in [1.29, 1.82) is 0 Å². The van der Waals surface area contributed by atoms with E-state index in [1.807, 2.05) is 0 Å². The smallest absolute Gasteiger partial charge is 0.0891 e. The van der Waals surface area contributed by atoms with Crippen LogP contribution in [0.1, 0.15) is 0 Å². The zero-order valence-corrected chi connectivity index (χ0v) is 10.1. The van der Waals surface area contributed by atoms with E-state index in [4.69, 9.17) is 5.73 Å². The van der Waals surface area contributed by atoms with E-state index in [1.54, 1.807) is 0 Å². The van der Waals surface area contributed by atoms with Crippen LogP contribution in [0, 0.1) is 0 Å². The number of hydrogen-bond donors (Lipinski definition) is 1. The van der Waals surface area contributed by atoms with Crippen molar-refractivity contribution in [2.45, 2.75) is 6.04 Å². The molecule has 16 heavy (non-hydrogen) atoms. The summed E-state index contributed by atoms with van der Waals surface area (Å²) in [5, 5.41) is 0. The molecule has 0 bridgehead atoms. The van der Waals surface area contributed by atoms with Crippen LogP contribution < -0.4 is 5.73 Å². The van der Waals surface area contributed by atoms with Gasteiger partial charge in [-0.15, -0.1) is 0 Å². The first-order valence-corrected chi connectivity index (χ1v) is 5.64. The largest absolute Gasteiger partial charge is 0.362 e. The van der Waals surface area contributed by atoms with Gasteiger partial charge in [0, 0.05) is 58.0 Å². The summed E-state index contributed by atoms with van der Waals surface area (Å²) in [5.74, 6) is 0. The lowest BCUT2D eigenvalue weighted by Gasteiger charge is -2.26. The highest BCUT2D eigenvalue weighted by Crippen LogP contribution is 2.07. The van der Waals surface area contributed by atoms with Crippen LogP contribution in [0.15, 0.2) is 24.8 Å². The van der Waals surface area contributed by atoms with Gasteiger partial charge in [0.15, 0.2) is 0 Å². The molecule has 0 radical (unpaired) electrons. The molecule has 0 saturated heterocycles. The molecule has 0 saturated carbocycles. The Kier molecular flexibility index (Phi) is 3.24. The van der Waals surface area contributed by atoms with Gasteiger partial charge < -0.3 is 25.3 Å². The lowest BCUT2D eigenvalue weighted by Crippen LogP contribution is -2.43. The average molecular weight is 223 g/mol. The van der Waals surface area contributed by atoms with Gasteiger partial charge in [0.2, 0.25) is 0 Å². The molecule has 2 aliphatic heterocycles. The van der Waals surface area contributed by atoms with E-state index in [-0.39, 0.29) is 6.04 Å². The van der Waals surface area contributed by atoms with Gasteiger partial charge in [-0.05, 0) is 0 Å². The Hall–Kier alpha value is -1.36. The van der Waals surface area contributed by atoms with Crippen molar-refractivity contribution in [3.8, 4) is 0 Å². The maximum Gasteiger partial charge on any atom is 0.0891 e. The summed E-state index contributed by atoms with van der Waals surface area (Å²) < 4.78 is 0. The predicted octanol–water partition coefficient (Wildman–Crippen LogP) is -0.334. The molecule has 2 rings (SSSR count). The lowest BCUT2D eigenvalue weighted by molar-refractivity contribution is 0.239. The molecule has 0 spiro atoms. The summed E-state index contributed by atoms with van der Waals surface area (Å²) >= 11 is 0. The molecule has 2 N–H and O–H groups in total. The second-order valence-corrected chi connectivity index (χ2v) is 4.70. The van der Waals surface area contributed by atoms with Gasteiger partial charge in [0.05, 0.1) is 13.3 Å². The number of nitrogens with two attached hydrogens (primary N) is 1. The minimum Gasteiger partial charge on any atom is -0.362 e. The third-order valence-corrected chi connectivity index (χ3v) is 2.81. The highest BCUT2D eigenvalue weighted by Gasteiger charge is 2.16. The van der Waals surface area contributed by atoms with Crippen LogP contribution in [-0.2, 0) is 0 Å². The molecular weight excluding hydrogens is 202 g/mol. The Balaban J connectivity index is 1.70. The Labute approximate surface area is 97.4 Å². The monoisotopic (exact) mass is 223 g/mol. The van der Waals surface area contributed by atoms with Crippen molar-refractivity contribution in [2.24, 2.45) is 5.73 Å². The van der Waals surface area contributed by atoms with Gasteiger partial charge >= 0.3 is 0 Å². The predicted molar refractivity (Wildman–Crippen MR) is 64.9 cm³/mol. The molecule has 0 amide bonds. The second kappa shape index (κ2) is 4.65. The van der Waals surface area contributed by atoms with Crippen LogP contribution in [0.5, 0.6) is 0 Å². The molecule has 0 aromatic rings. The van der Waals surface area contributed by atoms with Crippen LogP contribution in [0.25, 0.3) is 0 Å². The van der Waals surface area contributed by atoms with Crippen LogP contribution in [-0.4, -0.2) is 66.2 Å². The van der Waals surface area contributed by atoms with Crippen molar-refractivity contribution >= 4 is 0 Å². The zero-order chi connectivity index (χ0) is 11.5. The standard InChI is InChI=1S/C11H21N5/c1-13-3-5-15(9-13)7-11(12)8-16-6-4-14(2)10-16/h3-6,11H,7-10,12H2,1-2H3. The van der Waals surface area contributed by atoms with Crippen molar-refractivity contribution < 1.29 is 0 Å². The number of nitrogens with zero attached hydrogens (tertiary/aromatic N) is 4. The zero-order valence-electron chi connectivity index (χ0n) is 10.1. The van der Waals surface area contributed by atoms with Crippen LogP contribution in [0.3, 0.4) is 0 Å². The molecule has 0 aliphatic carbocycles. The highest BCUT2D eigenvalue weighted by molar-refractivity contribution is 4.93. The van der Waals surface area contributed by atoms with Crippen LogP contribution in [0.4, 0.5) is 0 Å². The van der Waals surface area contributed by atoms with E-state index in [0.717, 1.165) is 26.4 Å². The van der Waals surface area contributed by atoms with E-state index in [2.05, 4.69) is 58.5 Å². The molecule has 5 nitrogen and oxygen atoms in total. The highest BCUT2D eigenvalue weighted by atomic mass is 15.3. The van der Waals surface area contributed by atoms with Crippen LogP contribution in [0.2, 0.25) is 0 Å². The molecule has 0 aromatic heterocycles. The Morgan fingerprint density at radius 3 is 1.69 bits per heavy atom. The molecule has 0 atom stereocenters. The van der Waals surface area contributed by atoms with Crippen molar-refractivity contribution in [2.75, 3.05) is 40.5 Å². The van der Waals surface area contributed by atoms with Gasteiger partial charge in [0.1, 0.15) is 0 Å². The quantitative estimate of drug-likeness (QED) is 0.706. The number of rotatable bonds is 4. The SMILES string of the molecule is CN1C=CN(CC(N)CN2C=CN(C)C2)C1. The first-order chi connectivity index (χ1) is 7.63. The van der Waals surface area contributed by atoms with Crippen molar-refractivity contribution in [3.05, 3.63) is 24.8 Å². The molecule has 2 aliphatic rings. The molecule has 0 unspecified atom stereocenters. The molecule has 0 fully saturated rings. The first kappa shape index (κ1) is 11.1. The van der Waals surface area contributed by atoms with Crippen LogP contribution >= 0.6 is 0 Å². The second-order valence-electron chi connectivity index (χ2n) is 4.70. The molecule has 2 heterocycles. The summed E-state index contributed by atoms with van der Waals surface area (Å²) in [6, 6.07) is 0.187. The van der Waals surface area contributed by atoms with E-state index in [0.29, 0.717) is 0 Å².